The number of aliphatic hydroxyl groups excluding tert-OH is 5. The van der Waals surface area contributed by atoms with Gasteiger partial charge in [0.25, 0.3) is 0 Å². The molecule has 8 atom stereocenters. The highest BCUT2D eigenvalue weighted by Crippen LogP contribution is 2.26. The van der Waals surface area contributed by atoms with Crippen molar-refractivity contribution in [1.29, 1.82) is 0 Å². The lowest BCUT2D eigenvalue weighted by molar-refractivity contribution is -0.305. The first kappa shape index (κ1) is 74.8. The molecule has 0 spiro atoms. The predicted octanol–water partition coefficient (Wildman–Crippen LogP) is 15.6. The van der Waals surface area contributed by atoms with Crippen LogP contribution in [-0.4, -0.2) is 99.6 Å². The fourth-order valence-corrected chi connectivity index (χ4v) is 8.99. The van der Waals surface area contributed by atoms with Crippen molar-refractivity contribution in [2.75, 3.05) is 13.2 Å². The first-order chi connectivity index (χ1) is 39.7. The number of esters is 1. The van der Waals surface area contributed by atoms with Gasteiger partial charge in [0.15, 0.2) is 12.4 Å². The maximum absolute atomic E-state index is 13.4. The molecule has 1 saturated heterocycles. The molecule has 1 amide bonds. The van der Waals surface area contributed by atoms with Gasteiger partial charge in [0.2, 0.25) is 5.91 Å². The van der Waals surface area contributed by atoms with Crippen molar-refractivity contribution < 1.29 is 49.3 Å². The maximum atomic E-state index is 13.4. The first-order valence-corrected chi connectivity index (χ1v) is 32.0. The van der Waals surface area contributed by atoms with Gasteiger partial charge in [-0.05, 0) is 122 Å². The molecule has 0 radical (unpaired) electrons. The van der Waals surface area contributed by atoms with Crippen LogP contribution in [0.25, 0.3) is 0 Å². The van der Waals surface area contributed by atoms with Gasteiger partial charge < -0.3 is 45.1 Å². The van der Waals surface area contributed by atoms with E-state index in [-0.39, 0.29) is 19.4 Å². The van der Waals surface area contributed by atoms with Gasteiger partial charge in [0.05, 0.1) is 25.4 Å². The first-order valence-electron chi connectivity index (χ1n) is 32.0. The number of aliphatic hydroxyl groups is 5. The average molecular weight is 1130 g/mol. The molecule has 1 heterocycles. The summed E-state index contributed by atoms with van der Waals surface area (Å²) in [5, 5.41) is 57.0. The second-order valence-corrected chi connectivity index (χ2v) is 21.4. The molecule has 1 aliphatic rings. The highest BCUT2D eigenvalue weighted by molar-refractivity contribution is 5.80. The number of rotatable bonds is 52. The van der Waals surface area contributed by atoms with E-state index in [4.69, 9.17) is 14.2 Å². The summed E-state index contributed by atoms with van der Waals surface area (Å²) in [7, 11) is 0. The summed E-state index contributed by atoms with van der Waals surface area (Å²) in [6.07, 6.45) is 69.1. The molecule has 460 valence electrons. The number of hydrogen-bond donors (Lipinski definition) is 6. The van der Waals surface area contributed by atoms with Gasteiger partial charge in [-0.3, -0.25) is 9.59 Å². The topological polar surface area (TPSA) is 175 Å². The monoisotopic (exact) mass is 1130 g/mol. The van der Waals surface area contributed by atoms with Crippen LogP contribution in [0, 0.1) is 0 Å². The summed E-state index contributed by atoms with van der Waals surface area (Å²) in [6, 6.07) is -1.05. The van der Waals surface area contributed by atoms with E-state index in [2.05, 4.69) is 148 Å². The summed E-state index contributed by atoms with van der Waals surface area (Å²) in [5.41, 5.74) is 0. The maximum Gasteiger partial charge on any atom is 0.306 e. The molecule has 1 aliphatic heterocycles. The molecule has 6 N–H and O–H groups in total. The van der Waals surface area contributed by atoms with Gasteiger partial charge >= 0.3 is 5.97 Å². The fraction of sp³-hybridized carbons (Fsp3) is 0.657. The molecule has 1 rings (SSSR count). The molecule has 0 aromatic heterocycles. The number of unbranched alkanes of at least 4 members (excludes halogenated alkanes) is 18. The Morgan fingerprint density at radius 3 is 1.36 bits per heavy atom. The van der Waals surface area contributed by atoms with Crippen molar-refractivity contribution in [2.45, 2.75) is 282 Å². The molecule has 11 nitrogen and oxygen atoms in total. The SMILES string of the molecule is CC/C=C\C/C=C\C/C=C\C/C=C\C/C=C\C/C=C\CCCCC(=O)OC1C(OCC(NC(=O)C(O)CCCCCC/C=C\C/C=C\C/C=C\C/C=C\CCCCC)C(O)/C=C/CCCCCCCCCCC)OC(CO)C(O)C1O. The summed E-state index contributed by atoms with van der Waals surface area (Å²) < 4.78 is 17.6. The van der Waals surface area contributed by atoms with Crippen LogP contribution >= 0.6 is 0 Å². The summed E-state index contributed by atoms with van der Waals surface area (Å²) in [4.78, 5) is 26.6. The van der Waals surface area contributed by atoms with Gasteiger partial charge in [-0.25, -0.2) is 0 Å². The van der Waals surface area contributed by atoms with Crippen LogP contribution in [0.4, 0.5) is 0 Å². The number of allylic oxidation sites excluding steroid dienone is 21. The van der Waals surface area contributed by atoms with Gasteiger partial charge in [-0.15, -0.1) is 0 Å². The summed E-state index contributed by atoms with van der Waals surface area (Å²) >= 11 is 0. The van der Waals surface area contributed by atoms with Gasteiger partial charge in [-0.1, -0.05) is 238 Å². The van der Waals surface area contributed by atoms with E-state index in [0.717, 1.165) is 122 Å². The van der Waals surface area contributed by atoms with E-state index >= 15 is 0 Å². The van der Waals surface area contributed by atoms with Crippen molar-refractivity contribution in [3.8, 4) is 0 Å². The van der Waals surface area contributed by atoms with Crippen LogP contribution in [0.1, 0.15) is 233 Å². The fourth-order valence-electron chi connectivity index (χ4n) is 8.99. The van der Waals surface area contributed by atoms with Gasteiger partial charge in [0.1, 0.15) is 24.4 Å². The zero-order valence-electron chi connectivity index (χ0n) is 50.8. The summed E-state index contributed by atoms with van der Waals surface area (Å²) in [5.74, 6) is -1.27. The Kier molecular flexibility index (Phi) is 52.0. The van der Waals surface area contributed by atoms with E-state index in [1.807, 2.05) is 6.08 Å². The van der Waals surface area contributed by atoms with E-state index in [9.17, 15) is 35.1 Å². The molecule has 11 heteroatoms. The second kappa shape index (κ2) is 56.3. The molecule has 8 unspecified atom stereocenters. The van der Waals surface area contributed by atoms with Crippen molar-refractivity contribution >= 4 is 11.9 Å². The minimum atomic E-state index is -1.65. The molecule has 81 heavy (non-hydrogen) atoms. The lowest BCUT2D eigenvalue weighted by Crippen LogP contribution is -2.61. The molecule has 0 aliphatic carbocycles. The Labute approximate surface area is 493 Å². The molecule has 0 aromatic carbocycles. The largest absolute Gasteiger partial charge is 0.454 e. The number of carbonyl (C=O) groups is 2. The third-order valence-electron chi connectivity index (χ3n) is 14.0. The Balaban J connectivity index is 2.70. The smallest absolute Gasteiger partial charge is 0.306 e. The second-order valence-electron chi connectivity index (χ2n) is 21.4. The highest BCUT2D eigenvalue weighted by atomic mass is 16.7. The average Bonchev–Trinajstić information content (AvgIpc) is 3.50. The standard InChI is InChI=1S/C70H115NO10/c1-4-7-10-13-16-19-22-24-26-28-30-32-34-36-38-40-43-46-49-52-55-58-65(75)81-68-67(77)66(76)64(59-72)80-70(68)79-60-61(62(73)56-53-50-47-44-41-21-18-15-12-9-6-3)71-69(78)63(74)57-54-51-48-45-42-39-37-35-33-31-29-27-25-23-20-17-14-11-8-5-2/h7,10,16-17,19-20,24-27,30-33,36-39,43,46,53,56,61-64,66-68,70,72-74,76-77H,4-6,8-9,11-15,18,21-23,28-29,34-35,40-42,44-45,47-52,54-55,57-60H2,1-3H3,(H,71,78)/b10-7-,19-16-,20-17-,26-24-,27-25-,32-30-,33-31-,38-36-,39-37-,46-43-,56-53+. The van der Waals surface area contributed by atoms with E-state index in [1.165, 1.54) is 64.2 Å². The van der Waals surface area contributed by atoms with Crippen LogP contribution in [-0.2, 0) is 23.8 Å². The zero-order valence-corrected chi connectivity index (χ0v) is 50.8. The van der Waals surface area contributed by atoms with Crippen molar-refractivity contribution in [1.82, 2.24) is 5.32 Å². The van der Waals surface area contributed by atoms with Crippen LogP contribution in [0.5, 0.6) is 0 Å². The van der Waals surface area contributed by atoms with E-state index in [0.29, 0.717) is 12.8 Å². The minimum Gasteiger partial charge on any atom is -0.454 e. The lowest BCUT2D eigenvalue weighted by atomic mass is 9.99. The Morgan fingerprint density at radius 1 is 0.494 bits per heavy atom. The zero-order chi connectivity index (χ0) is 58.9. The Morgan fingerprint density at radius 2 is 0.889 bits per heavy atom. The molecule has 1 fully saturated rings. The van der Waals surface area contributed by atoms with Crippen LogP contribution in [0.3, 0.4) is 0 Å². The Bertz CT molecular complexity index is 1830. The molecular weight excluding hydrogens is 1010 g/mol. The number of hydrogen-bond acceptors (Lipinski definition) is 10. The van der Waals surface area contributed by atoms with Gasteiger partial charge in [0, 0.05) is 6.42 Å². The molecule has 0 bridgehead atoms. The van der Waals surface area contributed by atoms with E-state index < -0.39 is 67.4 Å². The number of amides is 1. The van der Waals surface area contributed by atoms with Crippen molar-refractivity contribution in [2.24, 2.45) is 0 Å². The molecule has 0 saturated carbocycles. The Hall–Kier alpha value is -4.20. The number of carbonyl (C=O) groups excluding carboxylic acids is 2. The van der Waals surface area contributed by atoms with Crippen molar-refractivity contribution in [3.05, 3.63) is 134 Å². The third-order valence-corrected chi connectivity index (χ3v) is 14.0. The van der Waals surface area contributed by atoms with Crippen molar-refractivity contribution in [3.63, 3.8) is 0 Å². The normalized spacial score (nSPS) is 19.6. The van der Waals surface area contributed by atoms with Crippen LogP contribution in [0.2, 0.25) is 0 Å². The number of nitrogens with one attached hydrogen (secondary N) is 1. The highest BCUT2D eigenvalue weighted by Gasteiger charge is 2.47. The van der Waals surface area contributed by atoms with Gasteiger partial charge in [-0.2, -0.15) is 0 Å². The van der Waals surface area contributed by atoms with Crippen LogP contribution < -0.4 is 5.32 Å². The lowest BCUT2D eigenvalue weighted by Gasteiger charge is -2.41. The predicted molar refractivity (Wildman–Crippen MR) is 337 cm³/mol. The molecule has 0 aromatic rings. The minimum absolute atomic E-state index is 0.0580. The number of ether oxygens (including phenoxy) is 3. The quantitative estimate of drug-likeness (QED) is 0.0195. The molecular formula is C70H115NO10. The van der Waals surface area contributed by atoms with Crippen LogP contribution in [0.15, 0.2) is 134 Å². The van der Waals surface area contributed by atoms with E-state index in [1.54, 1.807) is 6.08 Å². The third kappa shape index (κ3) is 44.1. The summed E-state index contributed by atoms with van der Waals surface area (Å²) in [6.45, 7) is 5.59.